The quantitative estimate of drug-likeness (QED) is 0.863. The van der Waals surface area contributed by atoms with Crippen LogP contribution in [0.15, 0.2) is 18.2 Å². The number of carbonyl (C=O) groups is 1. The van der Waals surface area contributed by atoms with E-state index in [1.165, 1.54) is 11.3 Å². The largest absolute Gasteiger partial charge is 0.462 e. The van der Waals surface area contributed by atoms with Gasteiger partial charge in [0.1, 0.15) is 0 Å². The number of thiazole rings is 1. The molecule has 2 rings (SSSR count). The third kappa shape index (κ3) is 2.52. The predicted octanol–water partition coefficient (Wildman–Crippen LogP) is 2.57. The molecule has 0 radical (unpaired) electrons. The first-order chi connectivity index (χ1) is 8.65. The summed E-state index contributed by atoms with van der Waals surface area (Å²) in [6.45, 7) is 4.14. The number of fused-ring (bicyclic) bond motifs is 1. The molecule has 0 fully saturated rings. The first kappa shape index (κ1) is 13.0. The lowest BCUT2D eigenvalue weighted by Crippen LogP contribution is -2.03. The van der Waals surface area contributed by atoms with Gasteiger partial charge in [-0.05, 0) is 25.1 Å². The Labute approximate surface area is 109 Å². The van der Waals surface area contributed by atoms with E-state index in [1.54, 1.807) is 19.1 Å². The minimum Gasteiger partial charge on any atom is -0.462 e. The number of benzene rings is 1. The molecule has 1 unspecified atom stereocenters. The van der Waals surface area contributed by atoms with E-state index in [1.807, 2.05) is 13.0 Å². The maximum atomic E-state index is 11.6. The molecule has 18 heavy (non-hydrogen) atoms. The number of aliphatic hydroxyl groups excluding tert-OH is 1. The number of aromatic nitrogens is 1. The van der Waals surface area contributed by atoms with Crippen LogP contribution in [-0.2, 0) is 4.74 Å². The van der Waals surface area contributed by atoms with Gasteiger partial charge in [0.15, 0.2) is 0 Å². The number of hydrogen-bond donors (Lipinski definition) is 1. The molecule has 1 N–H and O–H groups in total. The lowest BCUT2D eigenvalue weighted by molar-refractivity contribution is 0.0526. The highest BCUT2D eigenvalue weighted by atomic mass is 32.1. The summed E-state index contributed by atoms with van der Waals surface area (Å²) in [5.41, 5.74) is 1.39. The summed E-state index contributed by atoms with van der Waals surface area (Å²) in [5.74, 6) is -0.294. The molecule has 4 nitrogen and oxygen atoms in total. The van der Waals surface area contributed by atoms with Crippen molar-refractivity contribution in [3.05, 3.63) is 28.8 Å². The summed E-state index contributed by atoms with van der Waals surface area (Å²) in [6, 6.07) is 5.32. The smallest absolute Gasteiger partial charge is 0.338 e. The van der Waals surface area contributed by atoms with Crippen molar-refractivity contribution in [3.63, 3.8) is 0 Å². The summed E-state index contributed by atoms with van der Waals surface area (Å²) < 4.78 is 5.90. The van der Waals surface area contributed by atoms with Crippen LogP contribution in [0.2, 0.25) is 0 Å². The van der Waals surface area contributed by atoms with Crippen molar-refractivity contribution in [1.82, 2.24) is 4.98 Å². The predicted molar refractivity (Wildman–Crippen MR) is 71.1 cm³/mol. The van der Waals surface area contributed by atoms with Crippen molar-refractivity contribution in [2.45, 2.75) is 19.8 Å². The summed E-state index contributed by atoms with van der Waals surface area (Å²) in [7, 11) is 0. The minimum absolute atomic E-state index is 0.0217. The maximum absolute atomic E-state index is 11.6. The Kier molecular flexibility index (Phi) is 3.93. The average Bonchev–Trinajstić information content (AvgIpc) is 2.80. The molecule has 0 bridgehead atoms. The van der Waals surface area contributed by atoms with Crippen molar-refractivity contribution in [2.75, 3.05) is 13.2 Å². The molecule has 0 spiro atoms. The highest BCUT2D eigenvalue weighted by molar-refractivity contribution is 7.18. The van der Waals surface area contributed by atoms with Crippen LogP contribution in [-0.4, -0.2) is 29.3 Å². The lowest BCUT2D eigenvalue weighted by atomic mass is 10.2. The fraction of sp³-hybridized carbons (Fsp3) is 0.385. The Morgan fingerprint density at radius 1 is 1.56 bits per heavy atom. The van der Waals surface area contributed by atoms with Crippen LogP contribution >= 0.6 is 11.3 Å². The summed E-state index contributed by atoms with van der Waals surface area (Å²) in [4.78, 5) is 16.0. The van der Waals surface area contributed by atoms with Gasteiger partial charge in [-0.3, -0.25) is 0 Å². The van der Waals surface area contributed by atoms with Gasteiger partial charge in [-0.25, -0.2) is 9.78 Å². The zero-order chi connectivity index (χ0) is 13.1. The molecule has 1 aromatic heterocycles. The summed E-state index contributed by atoms with van der Waals surface area (Å²) >= 11 is 1.50. The van der Waals surface area contributed by atoms with Crippen molar-refractivity contribution in [1.29, 1.82) is 0 Å². The second kappa shape index (κ2) is 5.46. The Bertz CT molecular complexity index is 564. The SMILES string of the molecule is CCOC(=O)c1ccc2nc(C(C)CO)sc2c1. The van der Waals surface area contributed by atoms with E-state index in [0.717, 1.165) is 15.2 Å². The van der Waals surface area contributed by atoms with Gasteiger partial charge in [-0.1, -0.05) is 6.92 Å². The molecule has 1 heterocycles. The van der Waals surface area contributed by atoms with Crippen LogP contribution in [0.4, 0.5) is 0 Å². The van der Waals surface area contributed by atoms with Crippen LogP contribution in [0.5, 0.6) is 0 Å². The number of rotatable bonds is 4. The molecule has 0 aliphatic carbocycles. The van der Waals surface area contributed by atoms with Crippen molar-refractivity contribution < 1.29 is 14.6 Å². The van der Waals surface area contributed by atoms with Gasteiger partial charge in [0.05, 0.1) is 34.0 Å². The summed E-state index contributed by atoms with van der Waals surface area (Å²) in [6.07, 6.45) is 0. The third-order valence-corrected chi connectivity index (χ3v) is 3.86. The Morgan fingerprint density at radius 3 is 3.00 bits per heavy atom. The van der Waals surface area contributed by atoms with Gasteiger partial charge in [0.25, 0.3) is 0 Å². The first-order valence-electron chi connectivity index (χ1n) is 5.84. The van der Waals surface area contributed by atoms with E-state index < -0.39 is 0 Å². The average molecular weight is 265 g/mol. The monoisotopic (exact) mass is 265 g/mol. The Hall–Kier alpha value is -1.46. The topological polar surface area (TPSA) is 59.4 Å². The number of esters is 1. The molecule has 1 aromatic carbocycles. The standard InChI is InChI=1S/C13H15NO3S/c1-3-17-13(16)9-4-5-10-11(6-9)18-12(14-10)8(2)7-15/h4-6,8,15H,3,7H2,1-2H3. The molecule has 0 saturated carbocycles. The molecule has 1 atom stereocenters. The number of nitrogens with zero attached hydrogens (tertiary/aromatic N) is 1. The van der Waals surface area contributed by atoms with Gasteiger partial charge >= 0.3 is 5.97 Å². The fourth-order valence-electron chi connectivity index (χ4n) is 1.57. The zero-order valence-corrected chi connectivity index (χ0v) is 11.2. The van der Waals surface area contributed by atoms with E-state index in [4.69, 9.17) is 9.84 Å². The highest BCUT2D eigenvalue weighted by Crippen LogP contribution is 2.28. The van der Waals surface area contributed by atoms with E-state index in [-0.39, 0.29) is 18.5 Å². The summed E-state index contributed by atoms with van der Waals surface area (Å²) in [5, 5.41) is 10.0. The van der Waals surface area contributed by atoms with Crippen LogP contribution in [0.25, 0.3) is 10.2 Å². The molecule has 2 aromatic rings. The van der Waals surface area contributed by atoms with Gasteiger partial charge in [-0.15, -0.1) is 11.3 Å². The van der Waals surface area contributed by atoms with Gasteiger partial charge in [-0.2, -0.15) is 0 Å². The Morgan fingerprint density at radius 2 is 2.33 bits per heavy atom. The van der Waals surface area contributed by atoms with E-state index in [2.05, 4.69) is 4.98 Å². The lowest BCUT2D eigenvalue weighted by Gasteiger charge is -2.00. The van der Waals surface area contributed by atoms with Crippen LogP contribution in [0, 0.1) is 0 Å². The molecular formula is C13H15NO3S. The van der Waals surface area contributed by atoms with Crippen LogP contribution in [0.1, 0.15) is 35.1 Å². The van der Waals surface area contributed by atoms with Gasteiger partial charge < -0.3 is 9.84 Å². The van der Waals surface area contributed by atoms with Crippen LogP contribution in [0.3, 0.4) is 0 Å². The van der Waals surface area contributed by atoms with Gasteiger partial charge in [0, 0.05) is 5.92 Å². The minimum atomic E-state index is -0.315. The molecular weight excluding hydrogens is 250 g/mol. The maximum Gasteiger partial charge on any atom is 0.338 e. The van der Waals surface area contributed by atoms with Crippen molar-refractivity contribution in [2.24, 2.45) is 0 Å². The third-order valence-electron chi connectivity index (χ3n) is 2.61. The first-order valence-corrected chi connectivity index (χ1v) is 6.65. The fourth-order valence-corrected chi connectivity index (χ4v) is 2.62. The second-order valence-corrected chi connectivity index (χ2v) is 5.10. The van der Waals surface area contributed by atoms with Gasteiger partial charge in [0.2, 0.25) is 0 Å². The molecule has 0 aliphatic heterocycles. The molecule has 96 valence electrons. The Balaban J connectivity index is 2.36. The molecule has 0 aliphatic rings. The molecule has 0 amide bonds. The van der Waals surface area contributed by atoms with Crippen LogP contribution < -0.4 is 0 Å². The van der Waals surface area contributed by atoms with E-state index in [0.29, 0.717) is 12.2 Å². The van der Waals surface area contributed by atoms with Crippen molar-refractivity contribution in [3.8, 4) is 0 Å². The normalized spacial score (nSPS) is 12.6. The number of aliphatic hydroxyl groups is 1. The number of ether oxygens (including phenoxy) is 1. The van der Waals surface area contributed by atoms with Crippen molar-refractivity contribution >= 4 is 27.5 Å². The number of carbonyl (C=O) groups excluding carboxylic acids is 1. The highest BCUT2D eigenvalue weighted by Gasteiger charge is 2.13. The van der Waals surface area contributed by atoms with E-state index in [9.17, 15) is 4.79 Å². The zero-order valence-electron chi connectivity index (χ0n) is 10.3. The molecule has 5 heteroatoms. The second-order valence-electron chi connectivity index (χ2n) is 4.04. The number of hydrogen-bond acceptors (Lipinski definition) is 5. The molecule has 0 saturated heterocycles. The van der Waals surface area contributed by atoms with E-state index >= 15 is 0 Å².